The summed E-state index contributed by atoms with van der Waals surface area (Å²) in [4.78, 5) is 18.4. The Morgan fingerprint density at radius 1 is 1.27 bits per heavy atom. The molecule has 30 heavy (non-hydrogen) atoms. The minimum atomic E-state index is 0.536. The van der Waals surface area contributed by atoms with Gasteiger partial charge in [-0.1, -0.05) is 25.5 Å². The summed E-state index contributed by atoms with van der Waals surface area (Å²) in [5.41, 5.74) is 9.57. The molecule has 4 heterocycles. The number of fused-ring (bicyclic) bond motifs is 1. The van der Waals surface area contributed by atoms with Crippen molar-refractivity contribution in [1.82, 2.24) is 15.0 Å². The van der Waals surface area contributed by atoms with Gasteiger partial charge in [0.2, 0.25) is 5.95 Å². The van der Waals surface area contributed by atoms with Crippen LogP contribution in [0.5, 0.6) is 0 Å². The molecule has 0 unspecified atom stereocenters. The van der Waals surface area contributed by atoms with Crippen molar-refractivity contribution in [1.29, 1.82) is 0 Å². The molecule has 2 aliphatic heterocycles. The fourth-order valence-corrected chi connectivity index (χ4v) is 3.90. The van der Waals surface area contributed by atoms with Crippen molar-refractivity contribution in [2.45, 2.75) is 32.7 Å². The first-order chi connectivity index (χ1) is 14.6. The van der Waals surface area contributed by atoms with Crippen LogP contribution in [0, 0.1) is 0 Å². The van der Waals surface area contributed by atoms with Crippen molar-refractivity contribution in [2.24, 2.45) is 0 Å². The molecule has 1 saturated heterocycles. The van der Waals surface area contributed by atoms with Crippen LogP contribution in [0.15, 0.2) is 30.5 Å². The molecule has 8 nitrogen and oxygen atoms in total. The highest BCUT2D eigenvalue weighted by atomic mass is 16.5. The molecule has 0 bridgehead atoms. The van der Waals surface area contributed by atoms with Crippen LogP contribution in [0.4, 0.5) is 23.4 Å². The van der Waals surface area contributed by atoms with Gasteiger partial charge in [-0.2, -0.15) is 9.97 Å². The molecule has 0 atom stereocenters. The first-order valence-electron chi connectivity index (χ1n) is 10.7. The van der Waals surface area contributed by atoms with Gasteiger partial charge < -0.3 is 25.6 Å². The molecule has 0 radical (unpaired) electrons. The Bertz CT molecular complexity index is 895. The van der Waals surface area contributed by atoms with Gasteiger partial charge in [-0.05, 0) is 24.1 Å². The highest BCUT2D eigenvalue weighted by molar-refractivity contribution is 5.64. The second-order valence-electron chi connectivity index (χ2n) is 7.92. The standard InChI is InChI=1S/C22H31N7O/c1-3-4-6-25-22-26-20(23)18-12-16(2)14-29(21(18)27-22)15-17-5-7-24-19(13-17)28-8-10-30-11-9-28/h5,7,13H,2-4,6,8-12,14-15H2,1H3,(H3,23,25,26,27). The van der Waals surface area contributed by atoms with Crippen molar-refractivity contribution in [2.75, 3.05) is 60.2 Å². The molecule has 0 aliphatic carbocycles. The van der Waals surface area contributed by atoms with Crippen molar-refractivity contribution in [3.05, 3.63) is 41.6 Å². The van der Waals surface area contributed by atoms with Gasteiger partial charge in [-0.25, -0.2) is 4.98 Å². The number of nitrogens with one attached hydrogen (secondary N) is 1. The largest absolute Gasteiger partial charge is 0.383 e. The van der Waals surface area contributed by atoms with E-state index in [4.69, 9.17) is 15.5 Å². The molecular weight excluding hydrogens is 378 g/mol. The minimum absolute atomic E-state index is 0.536. The van der Waals surface area contributed by atoms with Gasteiger partial charge in [0.05, 0.1) is 13.2 Å². The summed E-state index contributed by atoms with van der Waals surface area (Å²) in [6, 6.07) is 4.22. The average Bonchev–Trinajstić information content (AvgIpc) is 2.76. The molecule has 0 aromatic carbocycles. The van der Waals surface area contributed by atoms with Crippen LogP contribution < -0.4 is 20.9 Å². The van der Waals surface area contributed by atoms with E-state index in [1.54, 1.807) is 0 Å². The molecule has 0 spiro atoms. The third-order valence-electron chi connectivity index (χ3n) is 5.49. The zero-order valence-electron chi connectivity index (χ0n) is 17.7. The SMILES string of the molecule is C=C1Cc2c(N)nc(NCCCC)nc2N(Cc2ccnc(N3CCOCC3)c2)C1. The van der Waals surface area contributed by atoms with Crippen LogP contribution in [-0.2, 0) is 17.7 Å². The Balaban J connectivity index is 1.57. The first-order valence-corrected chi connectivity index (χ1v) is 10.7. The lowest BCUT2D eigenvalue weighted by Crippen LogP contribution is -2.37. The van der Waals surface area contributed by atoms with Gasteiger partial charge in [-0.15, -0.1) is 0 Å². The maximum Gasteiger partial charge on any atom is 0.226 e. The van der Waals surface area contributed by atoms with Gasteiger partial charge >= 0.3 is 0 Å². The lowest BCUT2D eigenvalue weighted by Gasteiger charge is -2.32. The zero-order chi connectivity index (χ0) is 20.9. The molecule has 160 valence electrons. The van der Waals surface area contributed by atoms with Gasteiger partial charge in [0, 0.05) is 50.9 Å². The molecule has 2 aliphatic rings. The van der Waals surface area contributed by atoms with E-state index in [0.29, 0.717) is 11.8 Å². The number of pyridine rings is 1. The molecule has 2 aromatic heterocycles. The van der Waals surface area contributed by atoms with E-state index < -0.39 is 0 Å². The lowest BCUT2D eigenvalue weighted by atomic mass is 10.0. The molecule has 2 aromatic rings. The molecule has 3 N–H and O–H groups in total. The number of hydrogen-bond acceptors (Lipinski definition) is 8. The van der Waals surface area contributed by atoms with Crippen LogP contribution in [0.1, 0.15) is 30.9 Å². The lowest BCUT2D eigenvalue weighted by molar-refractivity contribution is 0.122. The summed E-state index contributed by atoms with van der Waals surface area (Å²) < 4.78 is 5.46. The number of nitrogen functional groups attached to an aromatic ring is 1. The number of morpholine rings is 1. The number of nitrogens with two attached hydrogens (primary N) is 1. The Hall–Kier alpha value is -2.87. The quantitative estimate of drug-likeness (QED) is 0.533. The molecule has 4 rings (SSSR count). The predicted octanol–water partition coefficient (Wildman–Crippen LogP) is 2.62. The van der Waals surface area contributed by atoms with Crippen molar-refractivity contribution >= 4 is 23.4 Å². The number of nitrogens with zero attached hydrogens (tertiary/aromatic N) is 5. The van der Waals surface area contributed by atoms with Gasteiger partial charge in [0.1, 0.15) is 17.5 Å². The number of ether oxygens (including phenoxy) is 1. The normalized spacial score (nSPS) is 16.5. The van der Waals surface area contributed by atoms with Crippen LogP contribution in [0.2, 0.25) is 0 Å². The highest BCUT2D eigenvalue weighted by Crippen LogP contribution is 2.32. The smallest absolute Gasteiger partial charge is 0.226 e. The number of hydrogen-bond donors (Lipinski definition) is 2. The summed E-state index contributed by atoms with van der Waals surface area (Å²) in [6.07, 6.45) is 4.79. The van der Waals surface area contributed by atoms with E-state index in [0.717, 1.165) is 88.0 Å². The van der Waals surface area contributed by atoms with E-state index >= 15 is 0 Å². The van der Waals surface area contributed by atoms with Crippen LogP contribution >= 0.6 is 0 Å². The maximum atomic E-state index is 6.30. The molecule has 8 heteroatoms. The number of rotatable bonds is 7. The summed E-state index contributed by atoms with van der Waals surface area (Å²) in [5, 5.41) is 3.30. The van der Waals surface area contributed by atoms with Crippen molar-refractivity contribution in [3.8, 4) is 0 Å². The number of unbranched alkanes of at least 4 members (excludes halogenated alkanes) is 1. The van der Waals surface area contributed by atoms with E-state index in [2.05, 4.69) is 50.7 Å². The highest BCUT2D eigenvalue weighted by Gasteiger charge is 2.25. The monoisotopic (exact) mass is 409 g/mol. The summed E-state index contributed by atoms with van der Waals surface area (Å²) in [6.45, 7) is 11.9. The predicted molar refractivity (Wildman–Crippen MR) is 121 cm³/mol. The minimum Gasteiger partial charge on any atom is -0.383 e. The van der Waals surface area contributed by atoms with E-state index in [9.17, 15) is 0 Å². The average molecular weight is 410 g/mol. The Labute approximate surface area is 178 Å². The van der Waals surface area contributed by atoms with E-state index in [-0.39, 0.29) is 0 Å². The third kappa shape index (κ3) is 4.64. The zero-order valence-corrected chi connectivity index (χ0v) is 17.7. The summed E-state index contributed by atoms with van der Waals surface area (Å²) in [5.74, 6) is 3.03. The third-order valence-corrected chi connectivity index (χ3v) is 5.49. The second-order valence-corrected chi connectivity index (χ2v) is 7.92. The Morgan fingerprint density at radius 3 is 2.90 bits per heavy atom. The van der Waals surface area contributed by atoms with Crippen molar-refractivity contribution < 1.29 is 4.74 Å². The topological polar surface area (TPSA) is 92.4 Å². The van der Waals surface area contributed by atoms with Gasteiger partial charge in [0.15, 0.2) is 0 Å². The Morgan fingerprint density at radius 2 is 2.10 bits per heavy atom. The van der Waals surface area contributed by atoms with Crippen molar-refractivity contribution in [3.63, 3.8) is 0 Å². The molecule has 0 amide bonds. The van der Waals surface area contributed by atoms with E-state index in [1.807, 2.05) is 6.20 Å². The Kier molecular flexibility index (Phi) is 6.32. The van der Waals surface area contributed by atoms with Crippen LogP contribution in [0.25, 0.3) is 0 Å². The second kappa shape index (κ2) is 9.30. The molecular formula is C22H31N7O. The van der Waals surface area contributed by atoms with Gasteiger partial charge in [0.25, 0.3) is 0 Å². The fourth-order valence-electron chi connectivity index (χ4n) is 3.90. The van der Waals surface area contributed by atoms with E-state index in [1.165, 1.54) is 5.56 Å². The maximum absolute atomic E-state index is 6.30. The summed E-state index contributed by atoms with van der Waals surface area (Å²) >= 11 is 0. The van der Waals surface area contributed by atoms with Crippen LogP contribution in [0.3, 0.4) is 0 Å². The van der Waals surface area contributed by atoms with Gasteiger partial charge in [-0.3, -0.25) is 0 Å². The van der Waals surface area contributed by atoms with Crippen LogP contribution in [-0.4, -0.2) is 54.3 Å². The number of aromatic nitrogens is 3. The molecule has 0 saturated carbocycles. The number of anilines is 4. The first kappa shape index (κ1) is 20.4. The fraction of sp³-hybridized carbons (Fsp3) is 0.500. The molecule has 1 fully saturated rings. The summed E-state index contributed by atoms with van der Waals surface area (Å²) in [7, 11) is 0.